The molecule has 0 aromatic carbocycles. The smallest absolute Gasteiger partial charge is 0.370 e. The topological polar surface area (TPSA) is 157 Å². The molecule has 6 N–H and O–H groups in total. The van der Waals surface area contributed by atoms with Gasteiger partial charge in [-0.1, -0.05) is 6.07 Å². The molecule has 132 valence electrons. The summed E-state index contributed by atoms with van der Waals surface area (Å²) in [5.74, 6) is -2.66. The number of aliphatic hydroxyl groups is 4. The molecule has 0 spiro atoms. The average Bonchev–Trinajstić information content (AvgIpc) is 3.09. The van der Waals surface area contributed by atoms with Gasteiger partial charge in [0.15, 0.2) is 6.10 Å². The monoisotopic (exact) mass is 359 g/mol. The number of ether oxygens (including phenoxy) is 1. The molecule has 0 radical (unpaired) electrons. The Morgan fingerprint density at radius 2 is 2.08 bits per heavy atom. The molecule has 0 fully saturated rings. The third-order valence-electron chi connectivity index (χ3n) is 3.48. The van der Waals surface area contributed by atoms with Crippen molar-refractivity contribution in [3.8, 4) is 0 Å². The van der Waals surface area contributed by atoms with E-state index in [0.29, 0.717) is 4.88 Å². The van der Waals surface area contributed by atoms with Gasteiger partial charge < -0.3 is 35.6 Å². The number of aliphatic carboxylic acids is 1. The number of carbonyl (C=O) groups is 2. The highest BCUT2D eigenvalue weighted by Gasteiger charge is 2.43. The van der Waals surface area contributed by atoms with E-state index in [1.165, 1.54) is 0 Å². The van der Waals surface area contributed by atoms with Crippen LogP contribution in [-0.4, -0.2) is 74.5 Å². The van der Waals surface area contributed by atoms with Crippen LogP contribution < -0.4 is 5.32 Å². The normalized spacial score (nSPS) is 26.0. The van der Waals surface area contributed by atoms with Crippen LogP contribution in [0, 0.1) is 0 Å². The van der Waals surface area contributed by atoms with Gasteiger partial charge in [-0.3, -0.25) is 4.79 Å². The lowest BCUT2D eigenvalue weighted by Crippen LogP contribution is -2.60. The number of carboxylic acids is 1. The molecule has 0 saturated carbocycles. The zero-order valence-corrected chi connectivity index (χ0v) is 13.1. The van der Waals surface area contributed by atoms with Crippen molar-refractivity contribution in [3.05, 3.63) is 34.2 Å². The summed E-state index contributed by atoms with van der Waals surface area (Å²) in [6.07, 6.45) is -5.43. The minimum absolute atomic E-state index is 0.339. The van der Waals surface area contributed by atoms with Crippen LogP contribution in [0.25, 0.3) is 0 Å². The Morgan fingerprint density at radius 1 is 1.38 bits per heavy atom. The van der Waals surface area contributed by atoms with Crippen molar-refractivity contribution in [2.45, 2.75) is 30.5 Å². The summed E-state index contributed by atoms with van der Waals surface area (Å²) in [4.78, 5) is 23.5. The molecule has 0 bridgehead atoms. The molecule has 2 heterocycles. The van der Waals surface area contributed by atoms with Gasteiger partial charge in [0.25, 0.3) is 5.91 Å². The number of rotatable bonds is 6. The van der Waals surface area contributed by atoms with Gasteiger partial charge in [0, 0.05) is 0 Å². The number of carboxylic acid groups (broad SMARTS) is 1. The Kier molecular flexibility index (Phi) is 5.91. The first-order chi connectivity index (χ1) is 11.3. The summed E-state index contributed by atoms with van der Waals surface area (Å²) in [5.41, 5.74) is 0. The number of nitrogens with one attached hydrogen (secondary N) is 1. The number of hydrogen-bond donors (Lipinski definition) is 6. The van der Waals surface area contributed by atoms with Crippen LogP contribution in [-0.2, 0) is 9.53 Å². The zero-order valence-electron chi connectivity index (χ0n) is 12.3. The van der Waals surface area contributed by atoms with Gasteiger partial charge in [-0.05, 0) is 17.5 Å². The molecule has 2 rings (SSSR count). The minimum atomic E-state index is -1.73. The van der Waals surface area contributed by atoms with E-state index in [-0.39, 0.29) is 0 Å². The second kappa shape index (κ2) is 7.73. The van der Waals surface area contributed by atoms with Crippen molar-refractivity contribution in [3.63, 3.8) is 0 Å². The van der Waals surface area contributed by atoms with Crippen molar-refractivity contribution in [1.82, 2.24) is 5.32 Å². The lowest BCUT2D eigenvalue weighted by atomic mass is 9.93. The standard InChI is InChI=1S/C14H17NO8S/c16-5-7(18)11(19)12-10(6(17)4-8(23-12)14(21)22)15-13(20)9-2-1-3-24-9/h1-4,6-7,10-12,16-19H,5H2,(H,15,20)(H,21,22)/t6-,7+,10+,11+,12+/m0/s1. The minimum Gasteiger partial charge on any atom is -0.478 e. The maximum Gasteiger partial charge on any atom is 0.370 e. The molecule has 0 aliphatic carbocycles. The van der Waals surface area contributed by atoms with Crippen molar-refractivity contribution in [2.24, 2.45) is 0 Å². The Labute approximate surface area is 140 Å². The lowest BCUT2D eigenvalue weighted by Gasteiger charge is -2.38. The fourth-order valence-corrected chi connectivity index (χ4v) is 2.87. The van der Waals surface area contributed by atoms with E-state index in [2.05, 4.69) is 5.32 Å². The molecule has 24 heavy (non-hydrogen) atoms. The highest BCUT2D eigenvalue weighted by molar-refractivity contribution is 7.12. The summed E-state index contributed by atoms with van der Waals surface area (Å²) in [7, 11) is 0. The van der Waals surface area contributed by atoms with Crippen molar-refractivity contribution >= 4 is 23.2 Å². The summed E-state index contributed by atoms with van der Waals surface area (Å²) >= 11 is 1.15. The van der Waals surface area contributed by atoms with E-state index in [0.717, 1.165) is 17.4 Å². The Bertz CT molecular complexity index is 616. The van der Waals surface area contributed by atoms with Gasteiger partial charge in [0.05, 0.1) is 17.5 Å². The highest BCUT2D eigenvalue weighted by Crippen LogP contribution is 2.23. The molecule has 1 aromatic heterocycles. The zero-order chi connectivity index (χ0) is 17.9. The van der Waals surface area contributed by atoms with Gasteiger partial charge in [0.2, 0.25) is 5.76 Å². The van der Waals surface area contributed by atoms with E-state index in [4.69, 9.17) is 14.9 Å². The molecule has 9 nitrogen and oxygen atoms in total. The number of thiophene rings is 1. The molecule has 1 aromatic rings. The lowest BCUT2D eigenvalue weighted by molar-refractivity contribution is -0.147. The number of amides is 1. The molecule has 1 amide bonds. The average molecular weight is 359 g/mol. The third kappa shape index (κ3) is 3.91. The molecule has 5 atom stereocenters. The predicted octanol–water partition coefficient (Wildman–Crippen LogP) is -1.71. The highest BCUT2D eigenvalue weighted by atomic mass is 32.1. The van der Waals surface area contributed by atoms with Gasteiger partial charge in [0.1, 0.15) is 18.3 Å². The van der Waals surface area contributed by atoms with Crippen LogP contribution in [0.15, 0.2) is 29.3 Å². The maximum absolute atomic E-state index is 12.1. The van der Waals surface area contributed by atoms with Gasteiger partial charge in [-0.15, -0.1) is 11.3 Å². The molecular formula is C14H17NO8S. The first kappa shape index (κ1) is 18.4. The van der Waals surface area contributed by atoms with Gasteiger partial charge in [-0.2, -0.15) is 0 Å². The van der Waals surface area contributed by atoms with Crippen LogP contribution in [0.5, 0.6) is 0 Å². The molecule has 1 aliphatic heterocycles. The Hall–Kier alpha value is -1.98. The van der Waals surface area contributed by atoms with Crippen LogP contribution >= 0.6 is 11.3 Å². The Balaban J connectivity index is 2.26. The summed E-state index contributed by atoms with van der Waals surface area (Å²) in [6, 6.07) is 1.97. The molecule has 0 unspecified atom stereocenters. The van der Waals surface area contributed by atoms with Crippen LogP contribution in [0.3, 0.4) is 0 Å². The van der Waals surface area contributed by atoms with Crippen LogP contribution in [0.1, 0.15) is 9.67 Å². The van der Waals surface area contributed by atoms with E-state index in [1.807, 2.05) is 0 Å². The fraction of sp³-hybridized carbons (Fsp3) is 0.429. The van der Waals surface area contributed by atoms with Crippen molar-refractivity contribution in [2.75, 3.05) is 6.61 Å². The number of aliphatic hydroxyl groups excluding tert-OH is 4. The quantitative estimate of drug-likeness (QED) is 0.350. The molecular weight excluding hydrogens is 342 g/mol. The SMILES string of the molecule is O=C(O)C1=C[C@H](O)[C@@H](NC(=O)c2cccs2)[C@H]([C@H](O)[C@H](O)CO)O1. The molecule has 10 heteroatoms. The van der Waals surface area contributed by atoms with Gasteiger partial charge in [-0.25, -0.2) is 4.79 Å². The Morgan fingerprint density at radius 3 is 2.62 bits per heavy atom. The predicted molar refractivity (Wildman–Crippen MR) is 81.3 cm³/mol. The maximum atomic E-state index is 12.1. The fourth-order valence-electron chi connectivity index (χ4n) is 2.24. The van der Waals surface area contributed by atoms with E-state index in [1.54, 1.807) is 17.5 Å². The van der Waals surface area contributed by atoms with E-state index < -0.39 is 54.7 Å². The summed E-state index contributed by atoms with van der Waals surface area (Å²) in [6.45, 7) is -0.811. The third-order valence-corrected chi connectivity index (χ3v) is 4.35. The van der Waals surface area contributed by atoms with Crippen LogP contribution in [0.2, 0.25) is 0 Å². The summed E-state index contributed by atoms with van der Waals surface area (Å²) < 4.78 is 5.10. The van der Waals surface area contributed by atoms with Crippen molar-refractivity contribution < 1.29 is 39.9 Å². The second-order valence-corrected chi connectivity index (χ2v) is 6.07. The van der Waals surface area contributed by atoms with Crippen LogP contribution in [0.4, 0.5) is 0 Å². The van der Waals surface area contributed by atoms with E-state index >= 15 is 0 Å². The van der Waals surface area contributed by atoms with Gasteiger partial charge >= 0.3 is 5.97 Å². The van der Waals surface area contributed by atoms with E-state index in [9.17, 15) is 24.9 Å². The first-order valence-corrected chi connectivity index (χ1v) is 7.84. The first-order valence-electron chi connectivity index (χ1n) is 6.96. The van der Waals surface area contributed by atoms with Crippen molar-refractivity contribution in [1.29, 1.82) is 0 Å². The number of carbonyl (C=O) groups excluding carboxylic acids is 1. The second-order valence-electron chi connectivity index (χ2n) is 5.13. The summed E-state index contributed by atoms with van der Waals surface area (Å²) in [5, 5.41) is 51.8. The molecule has 1 aliphatic rings. The number of hydrogen-bond acceptors (Lipinski definition) is 8. The molecule has 0 saturated heterocycles. The largest absolute Gasteiger partial charge is 0.478 e.